The maximum atomic E-state index is 2.54. The van der Waals surface area contributed by atoms with Crippen molar-refractivity contribution >= 4 is 22.1 Å². The number of anilines is 2. The zero-order valence-corrected chi connectivity index (χ0v) is 29.4. The predicted octanol–water partition coefficient (Wildman–Crippen LogP) is 13.5. The van der Waals surface area contributed by atoms with Gasteiger partial charge in [-0.15, -0.1) is 0 Å². The predicted molar refractivity (Wildman–Crippen MR) is 216 cm³/mol. The first-order valence-electron chi connectivity index (χ1n) is 18.1. The second kappa shape index (κ2) is 12.4. The maximum Gasteiger partial charge on any atom is 0.0540 e. The number of benzene rings is 7. The van der Waals surface area contributed by atoms with Crippen LogP contribution in [0.15, 0.2) is 193 Å². The summed E-state index contributed by atoms with van der Waals surface area (Å²) >= 11 is 0. The number of hydrogen-bond acceptors (Lipinski definition) is 1. The fraction of sp³-hybridized carbons (Fsp3) is 0.120. The molecule has 2 aliphatic carbocycles. The zero-order chi connectivity index (χ0) is 34.5. The van der Waals surface area contributed by atoms with Crippen LogP contribution in [0.3, 0.4) is 0 Å². The molecule has 0 amide bonds. The van der Waals surface area contributed by atoms with Crippen molar-refractivity contribution in [3.8, 4) is 33.4 Å². The van der Waals surface area contributed by atoms with Gasteiger partial charge in [0.05, 0.1) is 11.4 Å². The second-order valence-electron chi connectivity index (χ2n) is 14.6. The van der Waals surface area contributed by atoms with E-state index in [2.05, 4.69) is 208 Å². The SMILES string of the molecule is CC1C=C(N(c2ccccc2-c2ccccc2)c2ccccc2-c2cccc3cccc(-c4ccccc4)c23)C=C2C1c1ccccc1C2(C)C. The van der Waals surface area contributed by atoms with E-state index in [4.69, 9.17) is 0 Å². The highest BCUT2D eigenvalue weighted by Gasteiger charge is 2.45. The van der Waals surface area contributed by atoms with Crippen LogP contribution in [0, 0.1) is 5.92 Å². The minimum absolute atomic E-state index is 0.0701. The third-order valence-electron chi connectivity index (χ3n) is 11.2. The highest BCUT2D eigenvalue weighted by Crippen LogP contribution is 2.56. The van der Waals surface area contributed by atoms with Crippen molar-refractivity contribution in [3.63, 3.8) is 0 Å². The van der Waals surface area contributed by atoms with E-state index in [0.29, 0.717) is 11.8 Å². The molecule has 0 saturated carbocycles. The van der Waals surface area contributed by atoms with Crippen LogP contribution in [-0.4, -0.2) is 0 Å². The third kappa shape index (κ3) is 5.15. The second-order valence-corrected chi connectivity index (χ2v) is 14.6. The van der Waals surface area contributed by atoms with Crippen molar-refractivity contribution in [2.75, 3.05) is 4.90 Å². The van der Waals surface area contributed by atoms with Crippen LogP contribution in [0.25, 0.3) is 44.2 Å². The van der Waals surface area contributed by atoms with Crippen LogP contribution in [0.4, 0.5) is 11.4 Å². The molecule has 1 nitrogen and oxygen atoms in total. The number of hydrogen-bond donors (Lipinski definition) is 0. The van der Waals surface area contributed by atoms with E-state index in [1.807, 2.05) is 0 Å². The average Bonchev–Trinajstić information content (AvgIpc) is 3.42. The van der Waals surface area contributed by atoms with Gasteiger partial charge in [-0.3, -0.25) is 0 Å². The van der Waals surface area contributed by atoms with Crippen LogP contribution < -0.4 is 4.90 Å². The first kappa shape index (κ1) is 31.1. The standard InChI is InChI=1S/C50H41N/c1-34-32-38(33-45-48(34)43-26-10-13-29-44(43)50(45,2)3)51(46-30-14-11-24-39(46)35-18-6-4-7-19-35)47-31-15-12-25-41(47)42-28-17-23-37-22-16-27-40(49(37)42)36-20-8-5-9-21-36/h4-34,48H,1-3H3. The van der Waals surface area contributed by atoms with Gasteiger partial charge in [-0.05, 0) is 68.3 Å². The third-order valence-corrected chi connectivity index (χ3v) is 11.2. The van der Waals surface area contributed by atoms with Crippen molar-refractivity contribution in [1.29, 1.82) is 0 Å². The molecule has 51 heavy (non-hydrogen) atoms. The fourth-order valence-electron chi connectivity index (χ4n) is 8.86. The Bertz CT molecular complexity index is 2460. The first-order chi connectivity index (χ1) is 25.0. The van der Waals surface area contributed by atoms with E-state index >= 15 is 0 Å². The molecular weight excluding hydrogens is 615 g/mol. The van der Waals surface area contributed by atoms with Gasteiger partial charge in [0.25, 0.3) is 0 Å². The van der Waals surface area contributed by atoms with Gasteiger partial charge in [-0.25, -0.2) is 0 Å². The van der Waals surface area contributed by atoms with E-state index in [1.165, 1.54) is 77.9 Å². The lowest BCUT2D eigenvalue weighted by atomic mass is 9.75. The summed E-state index contributed by atoms with van der Waals surface area (Å²) in [5.74, 6) is 0.691. The lowest BCUT2D eigenvalue weighted by molar-refractivity contribution is 0.546. The van der Waals surface area contributed by atoms with Crippen molar-refractivity contribution in [2.45, 2.75) is 32.1 Å². The molecule has 2 atom stereocenters. The number of allylic oxidation sites excluding steroid dienone is 3. The molecule has 0 heterocycles. The number of nitrogens with zero attached hydrogens (tertiary/aromatic N) is 1. The Hall–Kier alpha value is -5.92. The van der Waals surface area contributed by atoms with Gasteiger partial charge in [0, 0.05) is 28.2 Å². The summed E-state index contributed by atoms with van der Waals surface area (Å²) in [5.41, 5.74) is 15.2. The average molecular weight is 656 g/mol. The summed E-state index contributed by atoms with van der Waals surface area (Å²) in [6.07, 6.45) is 5.03. The summed E-state index contributed by atoms with van der Waals surface area (Å²) in [6.45, 7) is 7.22. The van der Waals surface area contributed by atoms with Crippen LogP contribution in [0.5, 0.6) is 0 Å². The van der Waals surface area contributed by atoms with Crippen LogP contribution in [-0.2, 0) is 5.41 Å². The molecule has 0 saturated heterocycles. The molecule has 7 aromatic carbocycles. The van der Waals surface area contributed by atoms with Gasteiger partial charge in [0.2, 0.25) is 0 Å². The highest BCUT2D eigenvalue weighted by atomic mass is 15.2. The van der Waals surface area contributed by atoms with Crippen LogP contribution in [0.2, 0.25) is 0 Å². The monoisotopic (exact) mass is 655 g/mol. The summed E-state index contributed by atoms with van der Waals surface area (Å²) in [6, 6.07) is 62.1. The Balaban J connectivity index is 1.31. The van der Waals surface area contributed by atoms with Gasteiger partial charge in [-0.2, -0.15) is 0 Å². The molecule has 0 N–H and O–H groups in total. The van der Waals surface area contributed by atoms with E-state index in [-0.39, 0.29) is 5.41 Å². The molecule has 1 heteroatoms. The molecule has 246 valence electrons. The van der Waals surface area contributed by atoms with Crippen molar-refractivity contribution in [3.05, 3.63) is 204 Å². The Labute approximate surface area is 301 Å². The minimum Gasteiger partial charge on any atom is -0.310 e. The largest absolute Gasteiger partial charge is 0.310 e. The maximum absolute atomic E-state index is 2.54. The summed E-state index contributed by atoms with van der Waals surface area (Å²) < 4.78 is 0. The first-order valence-corrected chi connectivity index (χ1v) is 18.1. The van der Waals surface area contributed by atoms with Gasteiger partial charge >= 0.3 is 0 Å². The van der Waals surface area contributed by atoms with Gasteiger partial charge in [0.1, 0.15) is 0 Å². The molecule has 0 fully saturated rings. The Morgan fingerprint density at radius 1 is 0.490 bits per heavy atom. The molecule has 0 aliphatic heterocycles. The Morgan fingerprint density at radius 3 is 1.73 bits per heavy atom. The minimum atomic E-state index is -0.0701. The summed E-state index contributed by atoms with van der Waals surface area (Å²) in [7, 11) is 0. The smallest absolute Gasteiger partial charge is 0.0540 e. The molecule has 2 unspecified atom stereocenters. The molecule has 2 aliphatic rings. The van der Waals surface area contributed by atoms with Crippen molar-refractivity contribution in [2.24, 2.45) is 5.92 Å². The number of para-hydroxylation sites is 2. The normalized spacial score (nSPS) is 17.3. The van der Waals surface area contributed by atoms with Crippen molar-refractivity contribution < 1.29 is 0 Å². The van der Waals surface area contributed by atoms with E-state index in [1.54, 1.807) is 0 Å². The lowest BCUT2D eigenvalue weighted by Crippen LogP contribution is -2.26. The van der Waals surface area contributed by atoms with Gasteiger partial charge < -0.3 is 4.90 Å². The zero-order valence-electron chi connectivity index (χ0n) is 29.4. The van der Waals surface area contributed by atoms with E-state index < -0.39 is 0 Å². The molecule has 9 rings (SSSR count). The molecule has 0 aromatic heterocycles. The molecular formula is C50H41N. The summed E-state index contributed by atoms with van der Waals surface area (Å²) in [5, 5.41) is 2.51. The lowest BCUT2D eigenvalue weighted by Gasteiger charge is -2.36. The van der Waals surface area contributed by atoms with Crippen LogP contribution >= 0.6 is 0 Å². The number of rotatable bonds is 6. The van der Waals surface area contributed by atoms with Gasteiger partial charge in [0.15, 0.2) is 0 Å². The Morgan fingerprint density at radius 2 is 1.02 bits per heavy atom. The quantitative estimate of drug-likeness (QED) is 0.172. The van der Waals surface area contributed by atoms with E-state index in [9.17, 15) is 0 Å². The van der Waals surface area contributed by atoms with E-state index in [0.717, 1.165) is 0 Å². The molecule has 0 bridgehead atoms. The molecule has 0 radical (unpaired) electrons. The number of fused-ring (bicyclic) bond motifs is 4. The van der Waals surface area contributed by atoms with Crippen molar-refractivity contribution in [1.82, 2.24) is 0 Å². The Kier molecular flexibility index (Phi) is 7.59. The fourth-order valence-corrected chi connectivity index (χ4v) is 8.86. The molecule has 0 spiro atoms. The van der Waals surface area contributed by atoms with Crippen LogP contribution in [0.1, 0.15) is 37.8 Å². The van der Waals surface area contributed by atoms with Gasteiger partial charge in [-0.1, -0.05) is 190 Å². The highest BCUT2D eigenvalue weighted by molar-refractivity contribution is 6.08. The topological polar surface area (TPSA) is 3.24 Å². The summed E-state index contributed by atoms with van der Waals surface area (Å²) in [4.78, 5) is 2.54. The molecule has 7 aromatic rings.